The van der Waals surface area contributed by atoms with Crippen molar-refractivity contribution >= 4 is 23.8 Å². The highest BCUT2D eigenvalue weighted by Gasteiger charge is 2.13. The molecule has 2 atom stereocenters. The Kier molecular flexibility index (Phi) is 14.0. The third-order valence-corrected chi connectivity index (χ3v) is 5.45. The van der Waals surface area contributed by atoms with Gasteiger partial charge in [-0.05, 0) is 58.1 Å². The summed E-state index contributed by atoms with van der Waals surface area (Å²) in [5.41, 5.74) is 7.55. The number of anilines is 1. The second-order valence-electron chi connectivity index (χ2n) is 8.97. The van der Waals surface area contributed by atoms with Gasteiger partial charge in [-0.1, -0.05) is 19.8 Å². The molecule has 1 rings (SSSR count). The van der Waals surface area contributed by atoms with E-state index in [-0.39, 0.29) is 23.9 Å². The Labute approximate surface area is 199 Å². The first-order chi connectivity index (χ1) is 15.7. The molecule has 0 fully saturated rings. The Bertz CT molecular complexity index is 708. The van der Waals surface area contributed by atoms with E-state index < -0.39 is 0 Å². The van der Waals surface area contributed by atoms with Crippen molar-refractivity contribution in [2.45, 2.75) is 64.5 Å². The van der Waals surface area contributed by atoms with Crippen LogP contribution in [0.25, 0.3) is 0 Å². The molecule has 186 valence electrons. The first-order valence-corrected chi connectivity index (χ1v) is 12.0. The van der Waals surface area contributed by atoms with Crippen LogP contribution in [0.1, 0.15) is 62.7 Å². The van der Waals surface area contributed by atoms with Crippen molar-refractivity contribution in [3.8, 4) is 0 Å². The quantitative estimate of drug-likeness (QED) is 0.307. The summed E-state index contributed by atoms with van der Waals surface area (Å²) in [5.74, 6) is -0.00465. The minimum absolute atomic E-state index is 0.0204. The number of amides is 2. The maximum Gasteiger partial charge on any atom is 0.221 e. The van der Waals surface area contributed by atoms with E-state index in [0.29, 0.717) is 44.5 Å². The van der Waals surface area contributed by atoms with Crippen molar-refractivity contribution in [2.24, 2.45) is 5.73 Å². The smallest absolute Gasteiger partial charge is 0.221 e. The lowest BCUT2D eigenvalue weighted by molar-refractivity contribution is -0.122. The van der Waals surface area contributed by atoms with E-state index in [4.69, 9.17) is 5.73 Å². The lowest BCUT2D eigenvalue weighted by Crippen LogP contribution is -2.39. The Morgan fingerprint density at radius 1 is 1.06 bits per heavy atom. The van der Waals surface area contributed by atoms with Crippen molar-refractivity contribution in [1.29, 1.82) is 0 Å². The molecule has 0 saturated carbocycles. The van der Waals surface area contributed by atoms with Gasteiger partial charge in [0.15, 0.2) is 0 Å². The van der Waals surface area contributed by atoms with E-state index in [2.05, 4.69) is 22.5 Å². The molecule has 4 N–H and O–H groups in total. The zero-order chi connectivity index (χ0) is 24.6. The standard InChI is InChI=1S/C25H43N5O3/c1-5-6-7-20(2)28-25(33)14-16-30(23-11-8-21(19-31)9-12-23)17-15-27-24(32)13-10-22(26)18-29(3)4/h8-9,11-12,19-20,22H,5-7,10,13-18,26H2,1-4H3,(H,27,32)(H,28,33). The Hall–Kier alpha value is -2.45. The van der Waals surface area contributed by atoms with Gasteiger partial charge in [0.1, 0.15) is 6.29 Å². The van der Waals surface area contributed by atoms with E-state index in [0.717, 1.165) is 37.8 Å². The normalized spacial score (nSPS) is 12.8. The lowest BCUT2D eigenvalue weighted by Gasteiger charge is -2.25. The highest BCUT2D eigenvalue weighted by Crippen LogP contribution is 2.15. The summed E-state index contributed by atoms with van der Waals surface area (Å²) in [4.78, 5) is 39.6. The van der Waals surface area contributed by atoms with Gasteiger partial charge >= 0.3 is 0 Å². The van der Waals surface area contributed by atoms with Crippen LogP contribution in [-0.4, -0.2) is 75.4 Å². The topological polar surface area (TPSA) is 108 Å². The molecule has 2 unspecified atom stereocenters. The molecule has 8 heteroatoms. The summed E-state index contributed by atoms with van der Waals surface area (Å²) in [6.07, 6.45) is 5.37. The van der Waals surface area contributed by atoms with E-state index >= 15 is 0 Å². The molecule has 0 aliphatic rings. The number of likely N-dealkylation sites (N-methyl/N-ethyl adjacent to an activating group) is 1. The van der Waals surface area contributed by atoms with Crippen LogP contribution in [0.15, 0.2) is 24.3 Å². The zero-order valence-electron chi connectivity index (χ0n) is 20.8. The number of nitrogens with zero attached hydrogens (tertiary/aromatic N) is 2. The van der Waals surface area contributed by atoms with Gasteiger partial charge in [-0.2, -0.15) is 0 Å². The van der Waals surface area contributed by atoms with Gasteiger partial charge < -0.3 is 26.2 Å². The first kappa shape index (κ1) is 28.6. The number of carbonyl (C=O) groups excluding carboxylic acids is 3. The fourth-order valence-corrected chi connectivity index (χ4v) is 3.60. The molecule has 0 aromatic heterocycles. The third kappa shape index (κ3) is 13.0. The molecule has 0 radical (unpaired) electrons. The van der Waals surface area contributed by atoms with Crippen LogP contribution in [0, 0.1) is 0 Å². The Balaban J connectivity index is 2.58. The average molecular weight is 462 g/mol. The zero-order valence-corrected chi connectivity index (χ0v) is 20.8. The number of nitrogens with one attached hydrogen (secondary N) is 2. The summed E-state index contributed by atoms with van der Waals surface area (Å²) < 4.78 is 0. The lowest BCUT2D eigenvalue weighted by atomic mass is 10.1. The molecular formula is C25H43N5O3. The van der Waals surface area contributed by atoms with Crippen molar-refractivity contribution in [3.63, 3.8) is 0 Å². The fourth-order valence-electron chi connectivity index (χ4n) is 3.60. The van der Waals surface area contributed by atoms with Crippen molar-refractivity contribution in [1.82, 2.24) is 15.5 Å². The molecule has 0 bridgehead atoms. The molecule has 1 aromatic carbocycles. The predicted molar refractivity (Wildman–Crippen MR) is 135 cm³/mol. The molecule has 0 heterocycles. The van der Waals surface area contributed by atoms with Gasteiger partial charge in [0.05, 0.1) is 0 Å². The molecule has 2 amide bonds. The number of aldehydes is 1. The Morgan fingerprint density at radius 2 is 1.76 bits per heavy atom. The number of hydrogen-bond donors (Lipinski definition) is 3. The number of nitrogens with two attached hydrogens (primary N) is 1. The number of hydrogen-bond acceptors (Lipinski definition) is 6. The van der Waals surface area contributed by atoms with Gasteiger partial charge in [-0.15, -0.1) is 0 Å². The summed E-state index contributed by atoms with van der Waals surface area (Å²) in [6, 6.07) is 7.38. The van der Waals surface area contributed by atoms with Crippen molar-refractivity contribution < 1.29 is 14.4 Å². The van der Waals surface area contributed by atoms with Gasteiger partial charge in [0, 0.05) is 62.4 Å². The van der Waals surface area contributed by atoms with E-state index in [1.54, 1.807) is 12.1 Å². The van der Waals surface area contributed by atoms with E-state index in [1.807, 2.05) is 38.1 Å². The Morgan fingerprint density at radius 3 is 2.36 bits per heavy atom. The molecule has 33 heavy (non-hydrogen) atoms. The highest BCUT2D eigenvalue weighted by molar-refractivity contribution is 5.78. The number of rotatable bonds is 17. The highest BCUT2D eigenvalue weighted by atomic mass is 16.2. The summed E-state index contributed by atoms with van der Waals surface area (Å²) in [5, 5.41) is 6.01. The molecule has 0 saturated heterocycles. The van der Waals surface area contributed by atoms with Gasteiger partial charge in [-0.3, -0.25) is 14.4 Å². The SMILES string of the molecule is CCCCC(C)NC(=O)CCN(CCNC(=O)CCC(N)CN(C)C)c1ccc(C=O)cc1. The van der Waals surface area contributed by atoms with Crippen LogP contribution in [0.3, 0.4) is 0 Å². The minimum Gasteiger partial charge on any atom is -0.369 e. The second kappa shape index (κ2) is 16.2. The second-order valence-corrected chi connectivity index (χ2v) is 8.97. The molecular weight excluding hydrogens is 418 g/mol. The molecule has 8 nitrogen and oxygen atoms in total. The maximum atomic E-state index is 12.4. The number of carbonyl (C=O) groups is 3. The number of unbranched alkanes of at least 4 members (excludes halogenated alkanes) is 1. The largest absolute Gasteiger partial charge is 0.369 e. The monoisotopic (exact) mass is 461 g/mol. The van der Waals surface area contributed by atoms with Crippen molar-refractivity contribution in [3.05, 3.63) is 29.8 Å². The van der Waals surface area contributed by atoms with E-state index in [1.165, 1.54) is 0 Å². The fraction of sp³-hybridized carbons (Fsp3) is 0.640. The molecule has 0 aliphatic carbocycles. The number of benzene rings is 1. The summed E-state index contributed by atoms with van der Waals surface area (Å²) in [7, 11) is 3.92. The average Bonchev–Trinajstić information content (AvgIpc) is 2.78. The molecule has 1 aromatic rings. The van der Waals surface area contributed by atoms with Crippen LogP contribution in [0.2, 0.25) is 0 Å². The van der Waals surface area contributed by atoms with Crippen LogP contribution in [-0.2, 0) is 9.59 Å². The van der Waals surface area contributed by atoms with E-state index in [9.17, 15) is 14.4 Å². The van der Waals surface area contributed by atoms with Gasteiger partial charge in [-0.25, -0.2) is 0 Å². The minimum atomic E-state index is -0.0307. The van der Waals surface area contributed by atoms with Gasteiger partial charge in [0.2, 0.25) is 11.8 Å². The van der Waals surface area contributed by atoms with Crippen LogP contribution in [0.5, 0.6) is 0 Å². The summed E-state index contributed by atoms with van der Waals surface area (Å²) in [6.45, 7) is 6.47. The first-order valence-electron chi connectivity index (χ1n) is 12.0. The molecule has 0 spiro atoms. The van der Waals surface area contributed by atoms with Crippen molar-refractivity contribution in [2.75, 3.05) is 45.2 Å². The van der Waals surface area contributed by atoms with Crippen LogP contribution >= 0.6 is 0 Å². The van der Waals surface area contributed by atoms with Crippen LogP contribution < -0.4 is 21.3 Å². The third-order valence-electron chi connectivity index (χ3n) is 5.45. The van der Waals surface area contributed by atoms with Crippen LogP contribution in [0.4, 0.5) is 5.69 Å². The molecule has 0 aliphatic heterocycles. The predicted octanol–water partition coefficient (Wildman–Crippen LogP) is 2.18. The maximum absolute atomic E-state index is 12.4. The van der Waals surface area contributed by atoms with Gasteiger partial charge in [0.25, 0.3) is 0 Å². The summed E-state index contributed by atoms with van der Waals surface area (Å²) >= 11 is 0.